The van der Waals surface area contributed by atoms with Crippen molar-refractivity contribution < 1.29 is 4.79 Å². The second-order valence-corrected chi connectivity index (χ2v) is 4.64. The molecule has 0 saturated carbocycles. The van der Waals surface area contributed by atoms with Gasteiger partial charge in [-0.15, -0.1) is 0 Å². The molecular weight excluding hydrogens is 250 g/mol. The highest BCUT2D eigenvalue weighted by Gasteiger charge is 2.17. The maximum Gasteiger partial charge on any atom is 0.272 e. The Kier molecular flexibility index (Phi) is 4.71. The molecule has 104 valence electrons. The van der Waals surface area contributed by atoms with E-state index in [1.165, 1.54) is 0 Å². The summed E-state index contributed by atoms with van der Waals surface area (Å²) >= 11 is 0. The van der Waals surface area contributed by atoms with Crippen molar-refractivity contribution in [1.29, 1.82) is 0 Å². The number of carbonyl (C=O) groups excluding carboxylic acids is 1. The lowest BCUT2D eigenvalue weighted by Crippen LogP contribution is -2.32. The molecule has 0 fully saturated rings. The van der Waals surface area contributed by atoms with E-state index in [0.29, 0.717) is 24.5 Å². The molecule has 4 heteroatoms. The minimum Gasteiger partial charge on any atom is -0.398 e. The quantitative estimate of drug-likeness (QED) is 0.849. The predicted octanol–water partition coefficient (Wildman–Crippen LogP) is 2.72. The second kappa shape index (κ2) is 6.70. The molecule has 0 atom stereocenters. The number of benzene rings is 1. The van der Waals surface area contributed by atoms with Gasteiger partial charge in [-0.25, -0.2) is 0 Å². The number of hydrogen-bond donors (Lipinski definition) is 1. The third kappa shape index (κ3) is 3.35. The first kappa shape index (κ1) is 14.1. The largest absolute Gasteiger partial charge is 0.398 e. The fourth-order valence-corrected chi connectivity index (χ4v) is 2.06. The van der Waals surface area contributed by atoms with Gasteiger partial charge in [-0.2, -0.15) is 0 Å². The number of carbonyl (C=O) groups is 1. The number of nitrogen functional groups attached to an aromatic ring is 1. The molecule has 1 amide bonds. The third-order valence-corrected chi connectivity index (χ3v) is 3.08. The van der Waals surface area contributed by atoms with Crippen LogP contribution >= 0.6 is 0 Å². The van der Waals surface area contributed by atoms with E-state index >= 15 is 0 Å². The van der Waals surface area contributed by atoms with Crippen molar-refractivity contribution in [1.82, 2.24) is 9.88 Å². The van der Waals surface area contributed by atoms with Crippen molar-refractivity contribution >= 4 is 11.6 Å². The molecule has 4 nitrogen and oxygen atoms in total. The standard InChI is InChI=1S/C16H19N3O/c1-2-11-19(12-13-7-3-4-8-14(13)17)16(20)15-9-5-6-10-18-15/h3-10H,2,11-12,17H2,1H3. The number of para-hydroxylation sites is 1. The Bertz CT molecular complexity index is 569. The Hall–Kier alpha value is -2.36. The molecule has 2 N–H and O–H groups in total. The van der Waals surface area contributed by atoms with Crippen molar-refractivity contribution in [3.8, 4) is 0 Å². The van der Waals surface area contributed by atoms with Crippen LogP contribution in [0.1, 0.15) is 29.4 Å². The van der Waals surface area contributed by atoms with Gasteiger partial charge in [0, 0.05) is 25.0 Å². The summed E-state index contributed by atoms with van der Waals surface area (Å²) in [6, 6.07) is 13.0. The number of pyridine rings is 1. The van der Waals surface area contributed by atoms with Crippen molar-refractivity contribution in [2.45, 2.75) is 19.9 Å². The number of rotatable bonds is 5. The van der Waals surface area contributed by atoms with Crippen LogP contribution in [0.5, 0.6) is 0 Å². The Labute approximate surface area is 119 Å². The van der Waals surface area contributed by atoms with Gasteiger partial charge < -0.3 is 10.6 Å². The average molecular weight is 269 g/mol. The molecule has 20 heavy (non-hydrogen) atoms. The topological polar surface area (TPSA) is 59.2 Å². The van der Waals surface area contributed by atoms with E-state index in [4.69, 9.17) is 5.73 Å². The first-order valence-corrected chi connectivity index (χ1v) is 6.76. The van der Waals surface area contributed by atoms with Gasteiger partial charge in [0.05, 0.1) is 0 Å². The van der Waals surface area contributed by atoms with Gasteiger partial charge >= 0.3 is 0 Å². The molecule has 0 spiro atoms. The normalized spacial score (nSPS) is 10.2. The lowest BCUT2D eigenvalue weighted by atomic mass is 10.1. The molecule has 1 heterocycles. The first-order chi connectivity index (χ1) is 9.72. The summed E-state index contributed by atoms with van der Waals surface area (Å²) in [5, 5.41) is 0. The Morgan fingerprint density at radius 2 is 1.95 bits per heavy atom. The van der Waals surface area contributed by atoms with Crippen LogP contribution in [0.2, 0.25) is 0 Å². The van der Waals surface area contributed by atoms with Crippen LogP contribution in [0.3, 0.4) is 0 Å². The number of hydrogen-bond acceptors (Lipinski definition) is 3. The number of aromatic nitrogens is 1. The highest BCUT2D eigenvalue weighted by Crippen LogP contribution is 2.15. The maximum atomic E-state index is 12.5. The smallest absolute Gasteiger partial charge is 0.272 e. The van der Waals surface area contributed by atoms with Crippen LogP contribution in [-0.2, 0) is 6.54 Å². The number of nitrogens with two attached hydrogens (primary N) is 1. The second-order valence-electron chi connectivity index (χ2n) is 4.64. The van der Waals surface area contributed by atoms with E-state index in [-0.39, 0.29) is 5.91 Å². The van der Waals surface area contributed by atoms with E-state index in [9.17, 15) is 4.79 Å². The SMILES string of the molecule is CCCN(Cc1ccccc1N)C(=O)c1ccccn1. The molecule has 0 saturated heterocycles. The fourth-order valence-electron chi connectivity index (χ4n) is 2.06. The monoisotopic (exact) mass is 269 g/mol. The Balaban J connectivity index is 2.19. The summed E-state index contributed by atoms with van der Waals surface area (Å²) in [5.41, 5.74) is 8.09. The summed E-state index contributed by atoms with van der Waals surface area (Å²) in [5.74, 6) is -0.0595. The van der Waals surface area contributed by atoms with Gasteiger partial charge in [-0.1, -0.05) is 31.2 Å². The minimum absolute atomic E-state index is 0.0595. The van der Waals surface area contributed by atoms with Gasteiger partial charge in [-0.3, -0.25) is 9.78 Å². The van der Waals surface area contributed by atoms with Gasteiger partial charge in [0.25, 0.3) is 5.91 Å². The molecule has 2 rings (SSSR count). The van der Waals surface area contributed by atoms with E-state index in [2.05, 4.69) is 4.98 Å². The zero-order chi connectivity index (χ0) is 14.4. The highest BCUT2D eigenvalue weighted by molar-refractivity contribution is 5.92. The van der Waals surface area contributed by atoms with Gasteiger partial charge in [0.1, 0.15) is 5.69 Å². The van der Waals surface area contributed by atoms with Crippen molar-refractivity contribution in [3.05, 3.63) is 59.9 Å². The van der Waals surface area contributed by atoms with Crippen LogP contribution in [0.4, 0.5) is 5.69 Å². The number of anilines is 1. The molecule has 0 aliphatic carbocycles. The molecule has 1 aromatic carbocycles. The molecular formula is C16H19N3O. The Morgan fingerprint density at radius 1 is 1.20 bits per heavy atom. The highest BCUT2D eigenvalue weighted by atomic mass is 16.2. The molecule has 0 aliphatic heterocycles. The molecule has 0 unspecified atom stereocenters. The van der Waals surface area contributed by atoms with Crippen LogP contribution in [0.25, 0.3) is 0 Å². The summed E-state index contributed by atoms with van der Waals surface area (Å²) < 4.78 is 0. The maximum absolute atomic E-state index is 12.5. The summed E-state index contributed by atoms with van der Waals surface area (Å²) in [6.07, 6.45) is 2.53. The lowest BCUT2D eigenvalue weighted by molar-refractivity contribution is 0.0737. The molecule has 2 aromatic rings. The van der Waals surface area contributed by atoms with E-state index in [0.717, 1.165) is 12.0 Å². The number of nitrogens with zero attached hydrogens (tertiary/aromatic N) is 2. The van der Waals surface area contributed by atoms with Gasteiger partial charge in [-0.05, 0) is 30.2 Å². The molecule has 0 radical (unpaired) electrons. The molecule has 0 bridgehead atoms. The summed E-state index contributed by atoms with van der Waals surface area (Å²) in [4.78, 5) is 18.4. The van der Waals surface area contributed by atoms with Gasteiger partial charge in [0.2, 0.25) is 0 Å². The molecule has 1 aromatic heterocycles. The molecule has 0 aliphatic rings. The van der Waals surface area contributed by atoms with Gasteiger partial charge in [0.15, 0.2) is 0 Å². The number of amides is 1. The van der Waals surface area contributed by atoms with Crippen LogP contribution in [0.15, 0.2) is 48.7 Å². The van der Waals surface area contributed by atoms with E-state index in [1.807, 2.05) is 37.3 Å². The lowest BCUT2D eigenvalue weighted by Gasteiger charge is -2.22. The van der Waals surface area contributed by atoms with Crippen LogP contribution in [-0.4, -0.2) is 22.3 Å². The van der Waals surface area contributed by atoms with E-state index < -0.39 is 0 Å². The van der Waals surface area contributed by atoms with Crippen LogP contribution in [0, 0.1) is 0 Å². The first-order valence-electron chi connectivity index (χ1n) is 6.76. The minimum atomic E-state index is -0.0595. The third-order valence-electron chi connectivity index (χ3n) is 3.08. The zero-order valence-electron chi connectivity index (χ0n) is 11.6. The van der Waals surface area contributed by atoms with Crippen LogP contribution < -0.4 is 5.73 Å². The average Bonchev–Trinajstić information content (AvgIpc) is 2.49. The Morgan fingerprint density at radius 3 is 2.60 bits per heavy atom. The van der Waals surface area contributed by atoms with E-state index in [1.54, 1.807) is 23.2 Å². The predicted molar refractivity (Wildman–Crippen MR) is 80.1 cm³/mol. The summed E-state index contributed by atoms with van der Waals surface area (Å²) in [6.45, 7) is 3.24. The summed E-state index contributed by atoms with van der Waals surface area (Å²) in [7, 11) is 0. The zero-order valence-corrected chi connectivity index (χ0v) is 11.6. The fraction of sp³-hybridized carbons (Fsp3) is 0.250. The van der Waals surface area contributed by atoms with Crippen molar-refractivity contribution in [3.63, 3.8) is 0 Å². The van der Waals surface area contributed by atoms with Crippen molar-refractivity contribution in [2.24, 2.45) is 0 Å². The van der Waals surface area contributed by atoms with Crippen molar-refractivity contribution in [2.75, 3.05) is 12.3 Å².